The lowest BCUT2D eigenvalue weighted by atomic mass is 10.0. The number of ether oxygens (including phenoxy) is 1. The highest BCUT2D eigenvalue weighted by atomic mass is 16.5. The molecule has 0 radical (unpaired) electrons. The van der Waals surface area contributed by atoms with E-state index in [1.807, 2.05) is 30.3 Å². The summed E-state index contributed by atoms with van der Waals surface area (Å²) in [5.41, 5.74) is 1.07. The molecule has 3 rings (SSSR count). The number of hydrogen-bond donors (Lipinski definition) is 2. The van der Waals surface area contributed by atoms with Gasteiger partial charge < -0.3 is 15.4 Å². The van der Waals surface area contributed by atoms with Crippen LogP contribution in [0.2, 0.25) is 0 Å². The molecular formula is C18H25N3O3. The molecule has 0 bridgehead atoms. The first-order valence-electron chi connectivity index (χ1n) is 8.66. The average Bonchev–Trinajstić information content (AvgIpc) is 3.05. The van der Waals surface area contributed by atoms with E-state index in [9.17, 15) is 9.59 Å². The Morgan fingerprint density at radius 1 is 1.33 bits per heavy atom. The predicted octanol–water partition coefficient (Wildman–Crippen LogP) is 0.845. The number of carbonyl (C=O) groups is 2. The summed E-state index contributed by atoms with van der Waals surface area (Å²) in [7, 11) is 0. The third-order valence-electron chi connectivity index (χ3n) is 4.62. The van der Waals surface area contributed by atoms with E-state index in [1.54, 1.807) is 0 Å². The van der Waals surface area contributed by atoms with Gasteiger partial charge in [0, 0.05) is 38.7 Å². The minimum Gasteiger partial charge on any atom is -0.376 e. The Kier molecular flexibility index (Phi) is 5.82. The molecule has 2 atom stereocenters. The van der Waals surface area contributed by atoms with Gasteiger partial charge in [-0.05, 0) is 18.4 Å². The number of benzene rings is 1. The molecule has 2 aliphatic rings. The molecule has 0 spiro atoms. The standard InChI is InChI=1S/C18H25N3O3/c22-17-11-16(14-5-2-1-3-6-14)21(9-8-19-17)13-18(23)20-12-15-7-4-10-24-15/h1-3,5-6,15-16H,4,7-13H2,(H,19,22)(H,20,23)/t15-,16+/m0/s1. The Bertz CT molecular complexity index is 558. The van der Waals surface area contributed by atoms with Crippen molar-refractivity contribution in [2.75, 3.05) is 32.8 Å². The minimum atomic E-state index is -0.0674. The van der Waals surface area contributed by atoms with E-state index >= 15 is 0 Å². The molecular weight excluding hydrogens is 306 g/mol. The zero-order chi connectivity index (χ0) is 16.8. The van der Waals surface area contributed by atoms with Gasteiger partial charge >= 0.3 is 0 Å². The highest BCUT2D eigenvalue weighted by Gasteiger charge is 2.27. The Morgan fingerprint density at radius 3 is 2.92 bits per heavy atom. The lowest BCUT2D eigenvalue weighted by Crippen LogP contribution is -2.42. The molecule has 2 heterocycles. The van der Waals surface area contributed by atoms with Crippen LogP contribution < -0.4 is 10.6 Å². The largest absolute Gasteiger partial charge is 0.376 e. The summed E-state index contributed by atoms with van der Waals surface area (Å²) >= 11 is 0. The smallest absolute Gasteiger partial charge is 0.234 e. The van der Waals surface area contributed by atoms with Crippen molar-refractivity contribution in [1.82, 2.24) is 15.5 Å². The topological polar surface area (TPSA) is 70.7 Å². The number of nitrogens with zero attached hydrogens (tertiary/aromatic N) is 1. The van der Waals surface area contributed by atoms with Gasteiger partial charge in [0.2, 0.25) is 11.8 Å². The van der Waals surface area contributed by atoms with Crippen LogP contribution in [-0.2, 0) is 14.3 Å². The van der Waals surface area contributed by atoms with E-state index in [-0.39, 0.29) is 24.0 Å². The summed E-state index contributed by atoms with van der Waals surface area (Å²) in [6.45, 7) is 2.89. The van der Waals surface area contributed by atoms with Crippen molar-refractivity contribution in [3.63, 3.8) is 0 Å². The first-order valence-corrected chi connectivity index (χ1v) is 8.66. The van der Waals surface area contributed by atoms with Crippen molar-refractivity contribution in [3.8, 4) is 0 Å². The molecule has 1 aromatic carbocycles. The molecule has 6 nitrogen and oxygen atoms in total. The molecule has 1 aromatic rings. The van der Waals surface area contributed by atoms with Crippen molar-refractivity contribution >= 4 is 11.8 Å². The molecule has 0 aromatic heterocycles. The Hall–Kier alpha value is -1.92. The normalized spacial score (nSPS) is 25.1. The number of hydrogen-bond acceptors (Lipinski definition) is 4. The minimum absolute atomic E-state index is 0.0132. The lowest BCUT2D eigenvalue weighted by molar-refractivity contribution is -0.124. The van der Waals surface area contributed by atoms with Crippen molar-refractivity contribution < 1.29 is 14.3 Å². The van der Waals surface area contributed by atoms with Crippen molar-refractivity contribution in [2.45, 2.75) is 31.4 Å². The summed E-state index contributed by atoms with van der Waals surface area (Å²) < 4.78 is 5.53. The lowest BCUT2D eigenvalue weighted by Gasteiger charge is -2.28. The molecule has 0 aliphatic carbocycles. The molecule has 0 saturated carbocycles. The fourth-order valence-electron chi connectivity index (χ4n) is 3.34. The van der Waals surface area contributed by atoms with Gasteiger partial charge in [-0.2, -0.15) is 0 Å². The number of nitrogens with one attached hydrogen (secondary N) is 2. The third-order valence-corrected chi connectivity index (χ3v) is 4.62. The van der Waals surface area contributed by atoms with Crippen LogP contribution in [0, 0.1) is 0 Å². The third kappa shape index (κ3) is 4.55. The van der Waals surface area contributed by atoms with E-state index in [0.29, 0.717) is 32.6 Å². The van der Waals surface area contributed by atoms with Gasteiger partial charge in [-0.3, -0.25) is 14.5 Å². The van der Waals surface area contributed by atoms with Crippen LogP contribution in [0.1, 0.15) is 30.9 Å². The second-order valence-corrected chi connectivity index (χ2v) is 6.39. The monoisotopic (exact) mass is 331 g/mol. The number of rotatable bonds is 5. The van der Waals surface area contributed by atoms with Crippen LogP contribution in [0.5, 0.6) is 0 Å². The SMILES string of the molecule is O=C1C[C@H](c2ccccc2)N(CC(=O)NC[C@@H]2CCCO2)CCN1. The maximum Gasteiger partial charge on any atom is 0.234 e. The summed E-state index contributed by atoms with van der Waals surface area (Å²) in [4.78, 5) is 26.3. The fourth-order valence-corrected chi connectivity index (χ4v) is 3.34. The van der Waals surface area contributed by atoms with Crippen molar-refractivity contribution in [1.29, 1.82) is 0 Å². The highest BCUT2D eigenvalue weighted by Crippen LogP contribution is 2.25. The zero-order valence-electron chi connectivity index (χ0n) is 13.9. The van der Waals surface area contributed by atoms with Crippen LogP contribution in [0.15, 0.2) is 30.3 Å². The predicted molar refractivity (Wildman–Crippen MR) is 90.4 cm³/mol. The van der Waals surface area contributed by atoms with E-state index < -0.39 is 0 Å². The Labute approximate surface area is 142 Å². The molecule has 6 heteroatoms. The quantitative estimate of drug-likeness (QED) is 0.839. The molecule has 0 unspecified atom stereocenters. The zero-order valence-corrected chi connectivity index (χ0v) is 13.9. The summed E-state index contributed by atoms with van der Waals surface area (Å²) in [6, 6.07) is 9.85. The molecule has 2 fully saturated rings. The van der Waals surface area contributed by atoms with Crippen molar-refractivity contribution in [3.05, 3.63) is 35.9 Å². The van der Waals surface area contributed by atoms with Gasteiger partial charge in [0.15, 0.2) is 0 Å². The maximum atomic E-state index is 12.3. The van der Waals surface area contributed by atoms with Gasteiger partial charge in [0.1, 0.15) is 0 Å². The summed E-state index contributed by atoms with van der Waals surface area (Å²) in [5, 5.41) is 5.86. The second-order valence-electron chi connectivity index (χ2n) is 6.39. The van der Waals surface area contributed by atoms with E-state index in [1.165, 1.54) is 0 Å². The Morgan fingerprint density at radius 2 is 2.17 bits per heavy atom. The maximum absolute atomic E-state index is 12.3. The first kappa shape index (κ1) is 16.9. The van der Waals surface area contributed by atoms with Crippen LogP contribution in [0.25, 0.3) is 0 Å². The summed E-state index contributed by atoms with van der Waals surface area (Å²) in [5.74, 6) is 0.0203. The van der Waals surface area contributed by atoms with Gasteiger partial charge in [0.05, 0.1) is 12.6 Å². The summed E-state index contributed by atoms with van der Waals surface area (Å²) in [6.07, 6.45) is 2.60. The Balaban J connectivity index is 1.61. The van der Waals surface area contributed by atoms with Gasteiger partial charge in [-0.15, -0.1) is 0 Å². The second kappa shape index (κ2) is 8.26. The molecule has 2 N–H and O–H groups in total. The average molecular weight is 331 g/mol. The molecule has 24 heavy (non-hydrogen) atoms. The fraction of sp³-hybridized carbons (Fsp3) is 0.556. The van der Waals surface area contributed by atoms with Crippen LogP contribution in [0.4, 0.5) is 0 Å². The van der Waals surface area contributed by atoms with Crippen molar-refractivity contribution in [2.24, 2.45) is 0 Å². The van der Waals surface area contributed by atoms with E-state index in [2.05, 4.69) is 15.5 Å². The van der Waals surface area contributed by atoms with Crippen LogP contribution in [-0.4, -0.2) is 55.6 Å². The number of amides is 2. The van der Waals surface area contributed by atoms with Crippen LogP contribution in [0.3, 0.4) is 0 Å². The van der Waals surface area contributed by atoms with E-state index in [4.69, 9.17) is 4.74 Å². The molecule has 2 amide bonds. The number of carbonyl (C=O) groups excluding carboxylic acids is 2. The first-order chi connectivity index (χ1) is 11.7. The highest BCUT2D eigenvalue weighted by molar-refractivity contribution is 5.79. The van der Waals surface area contributed by atoms with Gasteiger partial charge in [-0.1, -0.05) is 30.3 Å². The van der Waals surface area contributed by atoms with Crippen LogP contribution >= 0.6 is 0 Å². The van der Waals surface area contributed by atoms with E-state index in [0.717, 1.165) is 25.0 Å². The molecule has 2 saturated heterocycles. The van der Waals surface area contributed by atoms with Gasteiger partial charge in [-0.25, -0.2) is 0 Å². The molecule has 2 aliphatic heterocycles. The molecule has 130 valence electrons. The van der Waals surface area contributed by atoms with Gasteiger partial charge in [0.25, 0.3) is 0 Å².